The smallest absolute Gasteiger partial charge is 0.243 e. The quantitative estimate of drug-likeness (QED) is 0.604. The van der Waals surface area contributed by atoms with Gasteiger partial charge in [-0.15, -0.1) is 0 Å². The van der Waals surface area contributed by atoms with Crippen LogP contribution in [0.15, 0.2) is 30.3 Å². The van der Waals surface area contributed by atoms with Gasteiger partial charge in [0.2, 0.25) is 11.8 Å². The Morgan fingerprint density at radius 1 is 1.06 bits per heavy atom. The normalized spacial score (nSPS) is 16.0. The van der Waals surface area contributed by atoms with Gasteiger partial charge in [-0.1, -0.05) is 0 Å². The van der Waals surface area contributed by atoms with Crippen LogP contribution in [-0.4, -0.2) is 50.6 Å². The highest BCUT2D eigenvalue weighted by molar-refractivity contribution is 5.94. The van der Waals surface area contributed by atoms with Crippen LogP contribution in [0.25, 0.3) is 0 Å². The second-order valence-corrected chi connectivity index (χ2v) is 7.28. The van der Waals surface area contributed by atoms with Gasteiger partial charge in [0.25, 0.3) is 0 Å². The Balaban J connectivity index is 1.58. The molecule has 0 spiro atoms. The van der Waals surface area contributed by atoms with Crippen molar-refractivity contribution >= 4 is 17.5 Å². The Bertz CT molecular complexity index is 1000. The summed E-state index contributed by atoms with van der Waals surface area (Å²) in [6.07, 6.45) is 1.71. The molecule has 7 nitrogen and oxygen atoms in total. The van der Waals surface area contributed by atoms with Gasteiger partial charge >= 0.3 is 0 Å². The number of hydrogen-bond donors (Lipinski definition) is 2. The number of nitrogens with zero attached hydrogens (tertiary/aromatic N) is 1. The SMILES string of the molecule is COc1ccc(OC)c([C@H]2CCCN2CC(=O)NCC(=O)Nc2ccc(F)c(F)c2F)c1. The summed E-state index contributed by atoms with van der Waals surface area (Å²) in [6, 6.07) is 7.03. The fourth-order valence-corrected chi connectivity index (χ4v) is 3.70. The van der Waals surface area contributed by atoms with Crippen molar-refractivity contribution in [1.29, 1.82) is 0 Å². The molecule has 1 aliphatic rings. The zero-order chi connectivity index (χ0) is 23.3. The van der Waals surface area contributed by atoms with Crippen LogP contribution in [0.1, 0.15) is 24.4 Å². The number of nitrogens with one attached hydrogen (secondary N) is 2. The third-order valence-electron chi connectivity index (χ3n) is 5.26. The highest BCUT2D eigenvalue weighted by atomic mass is 19.2. The minimum Gasteiger partial charge on any atom is -0.497 e. The van der Waals surface area contributed by atoms with E-state index >= 15 is 0 Å². The molecule has 3 rings (SSSR count). The van der Waals surface area contributed by atoms with Crippen LogP contribution in [0.3, 0.4) is 0 Å². The fraction of sp³-hybridized carbons (Fsp3) is 0.364. The first-order valence-electron chi connectivity index (χ1n) is 10.00. The molecular weight excluding hydrogens is 427 g/mol. The van der Waals surface area contributed by atoms with Crippen molar-refractivity contribution in [3.05, 3.63) is 53.3 Å². The van der Waals surface area contributed by atoms with Crippen molar-refractivity contribution in [2.24, 2.45) is 0 Å². The van der Waals surface area contributed by atoms with Gasteiger partial charge in [-0.05, 0) is 49.7 Å². The standard InChI is InChI=1S/C22H24F3N3O4/c1-31-13-5-8-18(32-2)14(10-13)17-4-3-9-28(17)12-20(30)26-11-19(29)27-16-7-6-15(23)21(24)22(16)25/h5-8,10,17H,3-4,9,11-12H2,1-2H3,(H,26,30)(H,27,29)/t17-/m1/s1. The van der Waals surface area contributed by atoms with Crippen molar-refractivity contribution in [3.63, 3.8) is 0 Å². The Hall–Kier alpha value is -3.27. The summed E-state index contributed by atoms with van der Waals surface area (Å²) in [5, 5.41) is 4.57. The maximum absolute atomic E-state index is 13.7. The zero-order valence-corrected chi connectivity index (χ0v) is 17.7. The largest absolute Gasteiger partial charge is 0.497 e. The molecule has 172 valence electrons. The minimum atomic E-state index is -1.68. The number of benzene rings is 2. The first kappa shape index (κ1) is 23.4. The lowest BCUT2D eigenvalue weighted by Gasteiger charge is -2.26. The molecule has 0 saturated carbocycles. The average molecular weight is 451 g/mol. The molecule has 0 aromatic heterocycles. The number of ether oxygens (including phenoxy) is 2. The minimum absolute atomic E-state index is 0.0395. The molecule has 0 aliphatic carbocycles. The second-order valence-electron chi connectivity index (χ2n) is 7.28. The Morgan fingerprint density at radius 3 is 2.56 bits per heavy atom. The van der Waals surface area contributed by atoms with Crippen molar-refractivity contribution < 1.29 is 32.2 Å². The molecule has 2 N–H and O–H groups in total. The molecule has 0 radical (unpaired) electrons. The van der Waals surface area contributed by atoms with E-state index < -0.39 is 41.5 Å². The first-order chi connectivity index (χ1) is 15.3. The van der Waals surface area contributed by atoms with Gasteiger partial charge in [0.05, 0.1) is 33.0 Å². The third-order valence-corrected chi connectivity index (χ3v) is 5.26. The van der Waals surface area contributed by atoms with Crippen LogP contribution in [-0.2, 0) is 9.59 Å². The number of amides is 2. The van der Waals surface area contributed by atoms with Gasteiger partial charge < -0.3 is 20.1 Å². The number of rotatable bonds is 8. The van der Waals surface area contributed by atoms with Crippen molar-refractivity contribution in [3.8, 4) is 11.5 Å². The number of hydrogen-bond acceptors (Lipinski definition) is 5. The van der Waals surface area contributed by atoms with E-state index in [0.717, 1.165) is 24.5 Å². The van der Waals surface area contributed by atoms with Crippen molar-refractivity contribution in [1.82, 2.24) is 10.2 Å². The number of carbonyl (C=O) groups is 2. The van der Waals surface area contributed by atoms with E-state index in [4.69, 9.17) is 9.47 Å². The molecule has 0 bridgehead atoms. The molecule has 32 heavy (non-hydrogen) atoms. The summed E-state index contributed by atoms with van der Waals surface area (Å²) in [7, 11) is 3.15. The van der Waals surface area contributed by atoms with Crippen LogP contribution in [0, 0.1) is 17.5 Å². The van der Waals surface area contributed by atoms with E-state index in [2.05, 4.69) is 10.6 Å². The van der Waals surface area contributed by atoms with Gasteiger partial charge in [-0.25, -0.2) is 13.2 Å². The molecule has 2 amide bonds. The van der Waals surface area contributed by atoms with E-state index in [-0.39, 0.29) is 12.6 Å². The van der Waals surface area contributed by atoms with Gasteiger partial charge in [-0.3, -0.25) is 14.5 Å². The summed E-state index contributed by atoms with van der Waals surface area (Å²) >= 11 is 0. The predicted octanol–water partition coefficient (Wildman–Crippen LogP) is 3.01. The van der Waals surface area contributed by atoms with Crippen LogP contribution in [0.5, 0.6) is 11.5 Å². The topological polar surface area (TPSA) is 79.9 Å². The highest BCUT2D eigenvalue weighted by Gasteiger charge is 2.30. The Kier molecular flexibility index (Phi) is 7.57. The maximum Gasteiger partial charge on any atom is 0.243 e. The lowest BCUT2D eigenvalue weighted by atomic mass is 10.0. The highest BCUT2D eigenvalue weighted by Crippen LogP contribution is 2.38. The van der Waals surface area contributed by atoms with Crippen molar-refractivity contribution in [2.45, 2.75) is 18.9 Å². The molecule has 10 heteroatoms. The van der Waals surface area contributed by atoms with Crippen LogP contribution in [0.4, 0.5) is 18.9 Å². The van der Waals surface area contributed by atoms with E-state index in [1.54, 1.807) is 20.3 Å². The average Bonchev–Trinajstić information content (AvgIpc) is 3.25. The first-order valence-corrected chi connectivity index (χ1v) is 10.00. The summed E-state index contributed by atoms with van der Waals surface area (Å²) in [5.74, 6) is -4.34. The van der Waals surface area contributed by atoms with Crippen LogP contribution in [0.2, 0.25) is 0 Å². The molecule has 1 heterocycles. The Labute approximate surface area is 183 Å². The van der Waals surface area contributed by atoms with E-state index in [0.29, 0.717) is 24.1 Å². The van der Waals surface area contributed by atoms with E-state index in [9.17, 15) is 22.8 Å². The molecular formula is C22H24F3N3O4. The lowest BCUT2D eigenvalue weighted by Crippen LogP contribution is -2.40. The van der Waals surface area contributed by atoms with Gasteiger partial charge in [0.1, 0.15) is 11.5 Å². The van der Waals surface area contributed by atoms with Crippen molar-refractivity contribution in [2.75, 3.05) is 39.2 Å². The second kappa shape index (κ2) is 10.4. The molecule has 1 saturated heterocycles. The zero-order valence-electron chi connectivity index (χ0n) is 17.7. The molecule has 1 atom stereocenters. The Morgan fingerprint density at radius 2 is 1.84 bits per heavy atom. The van der Waals surface area contributed by atoms with E-state index in [1.165, 1.54) is 0 Å². The monoisotopic (exact) mass is 451 g/mol. The molecule has 0 unspecified atom stereocenters. The number of anilines is 1. The third kappa shape index (κ3) is 5.31. The van der Waals surface area contributed by atoms with E-state index in [1.807, 2.05) is 17.0 Å². The van der Waals surface area contributed by atoms with Gasteiger partial charge in [0.15, 0.2) is 17.5 Å². The maximum atomic E-state index is 13.7. The molecule has 1 aliphatic heterocycles. The summed E-state index contributed by atoms with van der Waals surface area (Å²) in [4.78, 5) is 26.4. The summed E-state index contributed by atoms with van der Waals surface area (Å²) in [5.41, 5.74) is 0.400. The van der Waals surface area contributed by atoms with Gasteiger partial charge in [-0.2, -0.15) is 0 Å². The number of methoxy groups -OCH3 is 2. The number of carbonyl (C=O) groups excluding carboxylic acids is 2. The number of halogens is 3. The fourth-order valence-electron chi connectivity index (χ4n) is 3.70. The van der Waals surface area contributed by atoms with Crippen LogP contribution >= 0.6 is 0 Å². The number of likely N-dealkylation sites (tertiary alicyclic amines) is 1. The molecule has 2 aromatic rings. The van der Waals surface area contributed by atoms with Crippen LogP contribution < -0.4 is 20.1 Å². The van der Waals surface area contributed by atoms with Gasteiger partial charge in [0, 0.05) is 11.6 Å². The predicted molar refractivity (Wildman–Crippen MR) is 111 cm³/mol. The summed E-state index contributed by atoms with van der Waals surface area (Å²) in [6.45, 7) is 0.279. The molecule has 1 fully saturated rings. The lowest BCUT2D eigenvalue weighted by molar-refractivity contribution is -0.125. The molecule has 2 aromatic carbocycles. The summed E-state index contributed by atoms with van der Waals surface area (Å²) < 4.78 is 50.7.